The van der Waals surface area contributed by atoms with Crippen LogP contribution in [0.1, 0.15) is 35.2 Å². The second-order valence-electron chi connectivity index (χ2n) is 10.9. The number of rotatable bonds is 14. The van der Waals surface area contributed by atoms with Gasteiger partial charge in [-0.25, -0.2) is 9.78 Å². The first-order valence-electron chi connectivity index (χ1n) is 14.6. The van der Waals surface area contributed by atoms with E-state index in [-0.39, 0.29) is 37.9 Å². The van der Waals surface area contributed by atoms with Gasteiger partial charge in [0.25, 0.3) is 0 Å². The molecule has 10 nitrogen and oxygen atoms in total. The molecule has 10 heteroatoms. The molecule has 0 aliphatic rings. The molecule has 0 spiro atoms. The lowest BCUT2D eigenvalue weighted by Crippen LogP contribution is -2.52. The molecule has 0 saturated heterocycles. The Balaban J connectivity index is 1.50. The first kappa shape index (κ1) is 31.8. The molecular weight excluding hydrogens is 556 g/mol. The standard InChI is InChI=1S/C34H40N6O4/c1-25(28-12-8-5-9-13-28)19-36-32(41)22-40(21-26-14-16-30(17-15-26)39(2)3)33(42)31(18-29-20-35-24-37-29)38-34(43)44-23-27-10-6-4-7-11-27/h4-17,20,24-25,31H,18-19,21-23H2,1-3H3,(H,35,37)(H,36,41)(H,38,43). The lowest BCUT2D eigenvalue weighted by molar-refractivity contribution is -0.138. The number of ether oxygens (including phenoxy) is 1. The SMILES string of the molecule is CC(CNC(=O)CN(Cc1ccc(N(C)C)cc1)C(=O)C(Cc1cnc[nH]1)NC(=O)OCc1ccccc1)c1ccccc1. The van der Waals surface area contributed by atoms with Gasteiger partial charge in [0.1, 0.15) is 12.6 Å². The van der Waals surface area contributed by atoms with Crippen LogP contribution in [0.5, 0.6) is 0 Å². The van der Waals surface area contributed by atoms with Gasteiger partial charge in [-0.3, -0.25) is 9.59 Å². The number of alkyl carbamates (subject to hydrolysis) is 1. The van der Waals surface area contributed by atoms with Crippen LogP contribution in [0.3, 0.4) is 0 Å². The Labute approximate surface area is 258 Å². The third-order valence-corrected chi connectivity index (χ3v) is 7.23. The Bertz CT molecular complexity index is 1460. The Morgan fingerprint density at radius 2 is 1.59 bits per heavy atom. The number of benzene rings is 3. The summed E-state index contributed by atoms with van der Waals surface area (Å²) in [6.45, 7) is 2.51. The van der Waals surface area contributed by atoms with E-state index in [0.29, 0.717) is 12.2 Å². The summed E-state index contributed by atoms with van der Waals surface area (Å²) >= 11 is 0. The maximum atomic E-state index is 14.1. The van der Waals surface area contributed by atoms with Crippen LogP contribution in [-0.2, 0) is 33.9 Å². The largest absolute Gasteiger partial charge is 0.445 e. The van der Waals surface area contributed by atoms with Crippen molar-refractivity contribution in [2.24, 2.45) is 0 Å². The van der Waals surface area contributed by atoms with Crippen molar-refractivity contribution in [2.45, 2.75) is 38.5 Å². The van der Waals surface area contributed by atoms with Crippen LogP contribution in [0.4, 0.5) is 10.5 Å². The maximum Gasteiger partial charge on any atom is 0.408 e. The summed E-state index contributed by atoms with van der Waals surface area (Å²) in [5.74, 6) is -0.616. The number of nitrogens with one attached hydrogen (secondary N) is 3. The van der Waals surface area contributed by atoms with Crippen LogP contribution >= 0.6 is 0 Å². The van der Waals surface area contributed by atoms with E-state index in [4.69, 9.17) is 4.74 Å². The fraction of sp³-hybridized carbons (Fsp3) is 0.294. The lowest BCUT2D eigenvalue weighted by Gasteiger charge is -2.28. The molecule has 0 radical (unpaired) electrons. The van der Waals surface area contributed by atoms with Crippen molar-refractivity contribution in [1.82, 2.24) is 25.5 Å². The number of H-pyrrole nitrogens is 1. The zero-order valence-corrected chi connectivity index (χ0v) is 25.4. The number of aromatic nitrogens is 2. The molecule has 0 aliphatic carbocycles. The molecule has 0 fully saturated rings. The number of nitrogens with zero attached hydrogens (tertiary/aromatic N) is 3. The van der Waals surface area contributed by atoms with Crippen LogP contribution in [0.25, 0.3) is 0 Å². The number of hydrogen-bond donors (Lipinski definition) is 3. The second-order valence-corrected chi connectivity index (χ2v) is 10.9. The minimum Gasteiger partial charge on any atom is -0.445 e. The van der Waals surface area contributed by atoms with E-state index in [1.807, 2.05) is 111 Å². The summed E-state index contributed by atoms with van der Waals surface area (Å²) in [6.07, 6.45) is 2.51. The van der Waals surface area contributed by atoms with Crippen LogP contribution < -0.4 is 15.5 Å². The topological polar surface area (TPSA) is 120 Å². The van der Waals surface area contributed by atoms with Gasteiger partial charge in [0.15, 0.2) is 0 Å². The van der Waals surface area contributed by atoms with Gasteiger partial charge in [0, 0.05) is 51.2 Å². The quantitative estimate of drug-likeness (QED) is 0.200. The van der Waals surface area contributed by atoms with Crippen molar-refractivity contribution < 1.29 is 19.1 Å². The molecule has 2 unspecified atom stereocenters. The molecule has 230 valence electrons. The van der Waals surface area contributed by atoms with E-state index in [2.05, 4.69) is 20.6 Å². The normalized spacial score (nSPS) is 12.1. The zero-order valence-electron chi connectivity index (χ0n) is 25.4. The summed E-state index contributed by atoms with van der Waals surface area (Å²) in [5, 5.41) is 5.69. The van der Waals surface area contributed by atoms with Crippen LogP contribution in [0.15, 0.2) is 97.5 Å². The number of carbonyl (C=O) groups is 3. The monoisotopic (exact) mass is 596 g/mol. The molecule has 1 heterocycles. The minimum atomic E-state index is -1.00. The van der Waals surface area contributed by atoms with Gasteiger partial charge in [-0.1, -0.05) is 79.7 Å². The molecule has 3 N–H and O–H groups in total. The molecular formula is C34H40N6O4. The van der Waals surface area contributed by atoms with Gasteiger partial charge in [-0.05, 0) is 34.7 Å². The molecule has 2 atom stereocenters. The summed E-state index contributed by atoms with van der Waals surface area (Å²) in [4.78, 5) is 50.6. The molecule has 0 saturated carbocycles. The van der Waals surface area contributed by atoms with Crippen molar-refractivity contribution >= 4 is 23.6 Å². The fourth-order valence-electron chi connectivity index (χ4n) is 4.67. The molecule has 0 aliphatic heterocycles. The van der Waals surface area contributed by atoms with E-state index < -0.39 is 18.0 Å². The van der Waals surface area contributed by atoms with E-state index in [1.54, 1.807) is 6.20 Å². The third kappa shape index (κ3) is 9.72. The summed E-state index contributed by atoms with van der Waals surface area (Å²) in [5.41, 5.74) is 4.45. The van der Waals surface area contributed by atoms with Gasteiger partial charge in [-0.15, -0.1) is 0 Å². The van der Waals surface area contributed by atoms with Gasteiger partial charge in [0.2, 0.25) is 11.8 Å². The highest BCUT2D eigenvalue weighted by molar-refractivity contribution is 5.89. The van der Waals surface area contributed by atoms with Crippen molar-refractivity contribution in [3.8, 4) is 0 Å². The smallest absolute Gasteiger partial charge is 0.408 e. The Hall–Kier alpha value is -5.12. The second kappa shape index (κ2) is 15.9. The summed E-state index contributed by atoms with van der Waals surface area (Å²) < 4.78 is 5.42. The molecule has 0 bridgehead atoms. The molecule has 4 aromatic rings. The van der Waals surface area contributed by atoms with Crippen molar-refractivity contribution in [1.29, 1.82) is 0 Å². The van der Waals surface area contributed by atoms with Gasteiger partial charge in [0.05, 0.1) is 12.9 Å². The predicted octanol–water partition coefficient (Wildman–Crippen LogP) is 4.26. The first-order valence-corrected chi connectivity index (χ1v) is 14.6. The molecule has 1 aromatic heterocycles. The zero-order chi connectivity index (χ0) is 31.3. The molecule has 4 rings (SSSR count). The van der Waals surface area contributed by atoms with Gasteiger partial charge < -0.3 is 30.2 Å². The van der Waals surface area contributed by atoms with Crippen LogP contribution in [0.2, 0.25) is 0 Å². The highest BCUT2D eigenvalue weighted by Crippen LogP contribution is 2.16. The van der Waals surface area contributed by atoms with Crippen LogP contribution in [0, 0.1) is 0 Å². The number of anilines is 1. The Morgan fingerprint density at radius 3 is 2.23 bits per heavy atom. The van der Waals surface area contributed by atoms with E-state index in [0.717, 1.165) is 22.4 Å². The van der Waals surface area contributed by atoms with Crippen molar-refractivity contribution in [3.63, 3.8) is 0 Å². The third-order valence-electron chi connectivity index (χ3n) is 7.23. The summed E-state index contributed by atoms with van der Waals surface area (Å²) in [7, 11) is 3.91. The van der Waals surface area contributed by atoms with Crippen LogP contribution in [-0.4, -0.2) is 66.0 Å². The number of amides is 3. The fourth-order valence-corrected chi connectivity index (χ4v) is 4.67. The predicted molar refractivity (Wildman–Crippen MR) is 170 cm³/mol. The van der Waals surface area contributed by atoms with E-state index in [9.17, 15) is 14.4 Å². The van der Waals surface area contributed by atoms with Crippen molar-refractivity contribution in [2.75, 3.05) is 32.1 Å². The molecule has 44 heavy (non-hydrogen) atoms. The average Bonchev–Trinajstić information content (AvgIpc) is 3.56. The van der Waals surface area contributed by atoms with E-state index in [1.165, 1.54) is 11.2 Å². The maximum absolute atomic E-state index is 14.1. The minimum absolute atomic E-state index is 0.0571. The highest BCUT2D eigenvalue weighted by Gasteiger charge is 2.29. The van der Waals surface area contributed by atoms with Gasteiger partial charge >= 0.3 is 6.09 Å². The molecule has 3 aromatic carbocycles. The number of carbonyl (C=O) groups excluding carboxylic acids is 3. The summed E-state index contributed by atoms with van der Waals surface area (Å²) in [6, 6.07) is 26.0. The number of hydrogen-bond acceptors (Lipinski definition) is 6. The highest BCUT2D eigenvalue weighted by atomic mass is 16.5. The lowest BCUT2D eigenvalue weighted by atomic mass is 10.0. The Morgan fingerprint density at radius 1 is 0.909 bits per heavy atom. The number of imidazole rings is 1. The van der Waals surface area contributed by atoms with E-state index >= 15 is 0 Å². The Kier molecular flexibility index (Phi) is 11.5. The van der Waals surface area contributed by atoms with Crippen molar-refractivity contribution in [3.05, 3.63) is 120 Å². The number of aromatic amines is 1. The first-order chi connectivity index (χ1) is 21.3. The van der Waals surface area contributed by atoms with Gasteiger partial charge in [-0.2, -0.15) is 0 Å². The average molecular weight is 597 g/mol. The molecule has 3 amide bonds.